The van der Waals surface area contributed by atoms with Crippen molar-refractivity contribution in [3.05, 3.63) is 35.9 Å². The minimum atomic E-state index is -3.44. The third-order valence-electron chi connectivity index (χ3n) is 3.03. The normalized spacial score (nSPS) is 19.9. The van der Waals surface area contributed by atoms with Crippen LogP contribution in [0.2, 0.25) is 0 Å². The molecule has 1 aromatic carbocycles. The van der Waals surface area contributed by atoms with Crippen LogP contribution in [0.5, 0.6) is 0 Å². The van der Waals surface area contributed by atoms with Gasteiger partial charge in [0.25, 0.3) is 10.1 Å². The van der Waals surface area contributed by atoms with Crippen molar-refractivity contribution in [3.63, 3.8) is 0 Å². The number of hydrogen-bond acceptors (Lipinski definition) is 4. The number of nitrogens with zero attached hydrogens (tertiary/aromatic N) is 1. The molecule has 0 spiro atoms. The van der Waals surface area contributed by atoms with Crippen molar-refractivity contribution in [2.45, 2.75) is 13.0 Å². The molecule has 0 bridgehead atoms. The largest absolute Gasteiger partial charge is 0.338 e. The molecule has 1 aliphatic rings. The molecule has 0 N–H and O–H groups in total. The third kappa shape index (κ3) is 4.33. The van der Waals surface area contributed by atoms with Gasteiger partial charge in [0.05, 0.1) is 12.9 Å². The van der Waals surface area contributed by atoms with E-state index in [4.69, 9.17) is 4.18 Å². The van der Waals surface area contributed by atoms with E-state index >= 15 is 0 Å². The second-order valence-corrected chi connectivity index (χ2v) is 6.46. The zero-order chi connectivity index (χ0) is 13.9. The molecule has 2 rings (SSSR count). The fourth-order valence-electron chi connectivity index (χ4n) is 2.14. The van der Waals surface area contributed by atoms with Crippen LogP contribution in [0.4, 0.5) is 0 Å². The molecular formula is C13H17NO4S. The summed E-state index contributed by atoms with van der Waals surface area (Å²) in [5.41, 5.74) is 1.07. The smallest absolute Gasteiger partial charge is 0.264 e. The minimum absolute atomic E-state index is 0.0472. The summed E-state index contributed by atoms with van der Waals surface area (Å²) in [6, 6.07) is 9.72. The van der Waals surface area contributed by atoms with E-state index in [0.717, 1.165) is 11.8 Å². The number of likely N-dealkylation sites (tertiary alicyclic amines) is 1. The maximum atomic E-state index is 11.8. The quantitative estimate of drug-likeness (QED) is 0.757. The molecule has 1 fully saturated rings. The summed E-state index contributed by atoms with van der Waals surface area (Å²) in [5, 5.41) is 0. The number of carbonyl (C=O) groups excluding carboxylic acids is 1. The van der Waals surface area contributed by atoms with Gasteiger partial charge in [0.1, 0.15) is 0 Å². The lowest BCUT2D eigenvalue weighted by atomic mass is 10.1. The molecule has 19 heavy (non-hydrogen) atoms. The Morgan fingerprint density at radius 3 is 2.63 bits per heavy atom. The highest BCUT2D eigenvalue weighted by molar-refractivity contribution is 7.85. The number of carbonyl (C=O) groups is 1. The molecule has 1 aliphatic heterocycles. The third-order valence-corrected chi connectivity index (χ3v) is 3.59. The Balaban J connectivity index is 1.89. The van der Waals surface area contributed by atoms with E-state index in [2.05, 4.69) is 0 Å². The van der Waals surface area contributed by atoms with E-state index < -0.39 is 10.1 Å². The van der Waals surface area contributed by atoms with E-state index in [9.17, 15) is 13.2 Å². The first-order chi connectivity index (χ1) is 8.94. The van der Waals surface area contributed by atoms with E-state index in [1.807, 2.05) is 30.3 Å². The van der Waals surface area contributed by atoms with Gasteiger partial charge in [-0.1, -0.05) is 30.3 Å². The molecule has 0 aliphatic carbocycles. The maximum Gasteiger partial charge on any atom is 0.264 e. The zero-order valence-corrected chi connectivity index (χ0v) is 11.6. The van der Waals surface area contributed by atoms with Crippen molar-refractivity contribution < 1.29 is 17.4 Å². The monoisotopic (exact) mass is 283 g/mol. The summed E-state index contributed by atoms with van der Waals surface area (Å²) in [6.45, 7) is 1.19. The molecule has 1 heterocycles. The van der Waals surface area contributed by atoms with E-state index in [1.165, 1.54) is 0 Å². The van der Waals surface area contributed by atoms with Gasteiger partial charge < -0.3 is 4.90 Å². The first-order valence-corrected chi connectivity index (χ1v) is 7.92. The van der Waals surface area contributed by atoms with Crippen LogP contribution in [0.1, 0.15) is 12.0 Å². The number of rotatable bonds is 5. The summed E-state index contributed by atoms with van der Waals surface area (Å²) in [4.78, 5) is 13.6. The lowest BCUT2D eigenvalue weighted by molar-refractivity contribution is -0.128. The number of hydrogen-bond donors (Lipinski definition) is 0. The van der Waals surface area contributed by atoms with Gasteiger partial charge in [-0.25, -0.2) is 0 Å². The molecule has 0 unspecified atom stereocenters. The summed E-state index contributed by atoms with van der Waals surface area (Å²) in [5.74, 6) is -0.00288. The molecular weight excluding hydrogens is 266 g/mol. The van der Waals surface area contributed by atoms with Crippen molar-refractivity contribution >= 4 is 16.0 Å². The predicted octanol–water partition coefficient (Wildman–Crippen LogP) is 1.01. The molecule has 0 radical (unpaired) electrons. The number of benzene rings is 1. The van der Waals surface area contributed by atoms with Gasteiger partial charge in [-0.3, -0.25) is 8.98 Å². The van der Waals surface area contributed by atoms with Crippen LogP contribution >= 0.6 is 0 Å². The van der Waals surface area contributed by atoms with Crippen LogP contribution in [0.3, 0.4) is 0 Å². The van der Waals surface area contributed by atoms with Gasteiger partial charge in [-0.05, 0) is 5.56 Å². The fourth-order valence-corrected chi connectivity index (χ4v) is 2.58. The Morgan fingerprint density at radius 2 is 2.00 bits per heavy atom. The Bertz CT molecular complexity index is 541. The molecule has 1 aromatic rings. The first kappa shape index (κ1) is 14.0. The van der Waals surface area contributed by atoms with Crippen molar-refractivity contribution in [2.24, 2.45) is 5.92 Å². The SMILES string of the molecule is CS(=O)(=O)OC[C@H]1CC(=O)N(Cc2ccccc2)C1. The summed E-state index contributed by atoms with van der Waals surface area (Å²) >= 11 is 0. The Hall–Kier alpha value is -1.40. The average Bonchev–Trinajstić information content (AvgIpc) is 2.68. The summed E-state index contributed by atoms with van der Waals surface area (Å²) in [6.07, 6.45) is 1.37. The van der Waals surface area contributed by atoms with Crippen LogP contribution in [-0.2, 0) is 25.6 Å². The Kier molecular flexibility index (Phi) is 4.21. The molecule has 5 nitrogen and oxygen atoms in total. The molecule has 104 valence electrons. The fraction of sp³-hybridized carbons (Fsp3) is 0.462. The predicted molar refractivity (Wildman–Crippen MR) is 70.8 cm³/mol. The second kappa shape index (κ2) is 5.71. The van der Waals surface area contributed by atoms with Crippen LogP contribution in [0.15, 0.2) is 30.3 Å². The molecule has 0 saturated carbocycles. The Labute approximate surface area is 113 Å². The van der Waals surface area contributed by atoms with Gasteiger partial charge in [0.2, 0.25) is 5.91 Å². The lowest BCUT2D eigenvalue weighted by Gasteiger charge is -2.16. The van der Waals surface area contributed by atoms with Crippen LogP contribution in [-0.4, -0.2) is 38.6 Å². The van der Waals surface area contributed by atoms with Gasteiger partial charge in [-0.15, -0.1) is 0 Å². The maximum absolute atomic E-state index is 11.8. The first-order valence-electron chi connectivity index (χ1n) is 6.10. The number of amides is 1. The van der Waals surface area contributed by atoms with E-state index in [1.54, 1.807) is 4.90 Å². The van der Waals surface area contributed by atoms with Gasteiger partial charge in [-0.2, -0.15) is 8.42 Å². The molecule has 1 amide bonds. The van der Waals surface area contributed by atoms with Gasteiger partial charge >= 0.3 is 0 Å². The highest BCUT2D eigenvalue weighted by Gasteiger charge is 2.30. The van der Waals surface area contributed by atoms with Crippen molar-refractivity contribution in [1.82, 2.24) is 4.90 Å². The standard InChI is InChI=1S/C13H17NO4S/c1-19(16,17)18-10-12-7-13(15)14(9-12)8-11-5-3-2-4-6-11/h2-6,12H,7-10H2,1H3/t12-/m0/s1. The highest BCUT2D eigenvalue weighted by Crippen LogP contribution is 2.20. The van der Waals surface area contributed by atoms with Crippen molar-refractivity contribution in [1.29, 1.82) is 0 Å². The van der Waals surface area contributed by atoms with Crippen molar-refractivity contribution in [3.8, 4) is 0 Å². The highest BCUT2D eigenvalue weighted by atomic mass is 32.2. The van der Waals surface area contributed by atoms with Crippen LogP contribution in [0, 0.1) is 5.92 Å². The Morgan fingerprint density at radius 1 is 1.32 bits per heavy atom. The topological polar surface area (TPSA) is 63.7 Å². The average molecular weight is 283 g/mol. The zero-order valence-electron chi connectivity index (χ0n) is 10.8. The molecule has 0 aromatic heterocycles. The molecule has 1 saturated heterocycles. The summed E-state index contributed by atoms with van der Waals surface area (Å²) in [7, 11) is -3.44. The van der Waals surface area contributed by atoms with Crippen LogP contribution in [0.25, 0.3) is 0 Å². The van der Waals surface area contributed by atoms with E-state index in [-0.39, 0.29) is 18.4 Å². The van der Waals surface area contributed by atoms with Crippen molar-refractivity contribution in [2.75, 3.05) is 19.4 Å². The second-order valence-electron chi connectivity index (χ2n) is 4.82. The lowest BCUT2D eigenvalue weighted by Crippen LogP contribution is -2.25. The summed E-state index contributed by atoms with van der Waals surface area (Å²) < 4.78 is 26.6. The van der Waals surface area contributed by atoms with Crippen LogP contribution < -0.4 is 0 Å². The van der Waals surface area contributed by atoms with Gasteiger partial charge in [0, 0.05) is 25.4 Å². The molecule has 6 heteroatoms. The molecule has 1 atom stereocenters. The van der Waals surface area contributed by atoms with E-state index in [0.29, 0.717) is 19.5 Å². The minimum Gasteiger partial charge on any atom is -0.338 e. The van der Waals surface area contributed by atoms with Gasteiger partial charge in [0.15, 0.2) is 0 Å².